The Labute approximate surface area is 113 Å². The molecule has 0 fully saturated rings. The second-order valence-corrected chi connectivity index (χ2v) is 4.15. The van der Waals surface area contributed by atoms with Gasteiger partial charge in [-0.1, -0.05) is 6.07 Å². The summed E-state index contributed by atoms with van der Waals surface area (Å²) in [5.74, 6) is 2.21. The molecule has 2 N–H and O–H groups in total. The Bertz CT molecular complexity index is 557. The smallest absolute Gasteiger partial charge is 0.151 e. The van der Waals surface area contributed by atoms with Crippen LogP contribution < -0.4 is 15.4 Å². The van der Waals surface area contributed by atoms with Crippen molar-refractivity contribution in [3.8, 4) is 5.75 Å². The first kappa shape index (κ1) is 13.1. The highest BCUT2D eigenvalue weighted by molar-refractivity contribution is 5.65. The van der Waals surface area contributed by atoms with Gasteiger partial charge < -0.3 is 15.4 Å². The van der Waals surface area contributed by atoms with Gasteiger partial charge in [-0.25, -0.2) is 4.98 Å². The minimum Gasteiger partial charge on any atom is -0.495 e. The van der Waals surface area contributed by atoms with E-state index in [2.05, 4.69) is 20.6 Å². The number of anilines is 3. The number of nitrogens with one attached hydrogen (secondary N) is 2. The fourth-order valence-corrected chi connectivity index (χ4v) is 1.75. The largest absolute Gasteiger partial charge is 0.495 e. The molecule has 5 heteroatoms. The number of aromatic nitrogens is 2. The molecule has 0 saturated heterocycles. The van der Waals surface area contributed by atoms with E-state index >= 15 is 0 Å². The van der Waals surface area contributed by atoms with E-state index in [1.807, 2.05) is 32.0 Å². The summed E-state index contributed by atoms with van der Waals surface area (Å²) in [7, 11) is 1.65. The lowest BCUT2D eigenvalue weighted by atomic mass is 10.2. The molecule has 0 radical (unpaired) electrons. The summed E-state index contributed by atoms with van der Waals surface area (Å²) in [5, 5.41) is 6.35. The molecule has 100 valence electrons. The van der Waals surface area contributed by atoms with E-state index in [4.69, 9.17) is 4.74 Å². The Morgan fingerprint density at radius 2 is 2.00 bits per heavy atom. The van der Waals surface area contributed by atoms with Crippen molar-refractivity contribution in [1.29, 1.82) is 0 Å². The van der Waals surface area contributed by atoms with E-state index in [1.165, 1.54) is 0 Å². The van der Waals surface area contributed by atoms with Gasteiger partial charge in [0.05, 0.1) is 25.2 Å². The lowest BCUT2D eigenvalue weighted by molar-refractivity contribution is 0.416. The van der Waals surface area contributed by atoms with Gasteiger partial charge in [0.1, 0.15) is 11.6 Å². The number of hydrogen-bond donors (Lipinski definition) is 2. The molecule has 2 rings (SSSR count). The minimum atomic E-state index is 0.683. The topological polar surface area (TPSA) is 59.1 Å². The second kappa shape index (κ2) is 6.04. The number of benzene rings is 1. The van der Waals surface area contributed by atoms with Gasteiger partial charge in [0.25, 0.3) is 0 Å². The molecule has 0 amide bonds. The molecule has 0 aliphatic carbocycles. The van der Waals surface area contributed by atoms with Gasteiger partial charge in [-0.15, -0.1) is 0 Å². The molecule has 0 aliphatic rings. The van der Waals surface area contributed by atoms with Crippen LogP contribution in [0.15, 0.2) is 30.6 Å². The molecule has 1 aromatic heterocycles. The highest BCUT2D eigenvalue weighted by Crippen LogP contribution is 2.27. The zero-order valence-corrected chi connectivity index (χ0v) is 11.4. The second-order valence-electron chi connectivity index (χ2n) is 4.15. The number of nitrogens with zero attached hydrogens (tertiary/aromatic N) is 2. The highest BCUT2D eigenvalue weighted by atomic mass is 16.5. The molecule has 1 aromatic carbocycles. The molecule has 0 atom stereocenters. The molecular weight excluding hydrogens is 240 g/mol. The van der Waals surface area contributed by atoms with Crippen molar-refractivity contribution in [3.05, 3.63) is 36.2 Å². The Morgan fingerprint density at radius 3 is 2.74 bits per heavy atom. The van der Waals surface area contributed by atoms with Crippen LogP contribution in [0.3, 0.4) is 0 Å². The summed E-state index contributed by atoms with van der Waals surface area (Å²) in [4.78, 5) is 8.57. The third-order valence-electron chi connectivity index (χ3n) is 2.61. The molecule has 0 aliphatic heterocycles. The molecule has 19 heavy (non-hydrogen) atoms. The standard InChI is InChI=1S/C14H18N4O/c1-4-16-13-8-15-9-14(18-13)17-11-7-10(2)5-6-12(11)19-3/h5-9H,4H2,1-3H3,(H2,16,17,18). The Hall–Kier alpha value is -2.30. The molecule has 1 heterocycles. The zero-order valence-electron chi connectivity index (χ0n) is 11.4. The van der Waals surface area contributed by atoms with Crippen molar-refractivity contribution in [2.45, 2.75) is 13.8 Å². The van der Waals surface area contributed by atoms with E-state index in [1.54, 1.807) is 19.5 Å². The van der Waals surface area contributed by atoms with Gasteiger partial charge in [0.15, 0.2) is 5.82 Å². The van der Waals surface area contributed by atoms with Crippen LogP contribution in [-0.4, -0.2) is 23.6 Å². The first-order valence-electron chi connectivity index (χ1n) is 6.20. The van der Waals surface area contributed by atoms with Crippen molar-refractivity contribution in [3.63, 3.8) is 0 Å². The molecule has 0 spiro atoms. The summed E-state index contributed by atoms with van der Waals surface area (Å²) in [6.45, 7) is 4.86. The monoisotopic (exact) mass is 258 g/mol. The molecule has 0 bridgehead atoms. The maximum absolute atomic E-state index is 5.32. The molecular formula is C14H18N4O. The first-order chi connectivity index (χ1) is 9.22. The fourth-order valence-electron chi connectivity index (χ4n) is 1.75. The number of ether oxygens (including phenoxy) is 1. The van der Waals surface area contributed by atoms with E-state index in [0.717, 1.165) is 29.4 Å². The van der Waals surface area contributed by atoms with Gasteiger partial charge in [0.2, 0.25) is 0 Å². The number of methoxy groups -OCH3 is 1. The molecule has 0 unspecified atom stereocenters. The quantitative estimate of drug-likeness (QED) is 0.863. The number of aryl methyl sites for hydroxylation is 1. The van der Waals surface area contributed by atoms with Crippen molar-refractivity contribution < 1.29 is 4.74 Å². The zero-order chi connectivity index (χ0) is 13.7. The van der Waals surface area contributed by atoms with Gasteiger partial charge in [0, 0.05) is 6.54 Å². The summed E-state index contributed by atoms with van der Waals surface area (Å²) in [6.07, 6.45) is 3.38. The maximum Gasteiger partial charge on any atom is 0.151 e. The first-order valence-corrected chi connectivity index (χ1v) is 6.20. The minimum absolute atomic E-state index is 0.683. The van der Waals surface area contributed by atoms with Crippen LogP contribution in [0.2, 0.25) is 0 Å². The lowest BCUT2D eigenvalue weighted by Gasteiger charge is -2.12. The number of rotatable bonds is 5. The van der Waals surface area contributed by atoms with Gasteiger partial charge in [-0.2, -0.15) is 0 Å². The van der Waals surface area contributed by atoms with E-state index in [0.29, 0.717) is 5.82 Å². The maximum atomic E-state index is 5.32. The van der Waals surface area contributed by atoms with Crippen molar-refractivity contribution in [1.82, 2.24) is 9.97 Å². The Balaban J connectivity index is 2.25. The van der Waals surface area contributed by atoms with Crippen LogP contribution in [0.5, 0.6) is 5.75 Å². The van der Waals surface area contributed by atoms with Gasteiger partial charge in [-0.05, 0) is 31.5 Å². The van der Waals surface area contributed by atoms with Crippen LogP contribution in [0.25, 0.3) is 0 Å². The van der Waals surface area contributed by atoms with E-state index in [-0.39, 0.29) is 0 Å². The van der Waals surface area contributed by atoms with Crippen LogP contribution in [0.1, 0.15) is 12.5 Å². The molecule has 0 saturated carbocycles. The third-order valence-corrected chi connectivity index (χ3v) is 2.61. The predicted octanol–water partition coefficient (Wildman–Crippen LogP) is 2.97. The number of hydrogen-bond acceptors (Lipinski definition) is 5. The average Bonchev–Trinajstić information content (AvgIpc) is 2.40. The van der Waals surface area contributed by atoms with Gasteiger partial charge >= 0.3 is 0 Å². The Kier molecular flexibility index (Phi) is 4.18. The van der Waals surface area contributed by atoms with Crippen molar-refractivity contribution >= 4 is 17.3 Å². The summed E-state index contributed by atoms with van der Waals surface area (Å²) >= 11 is 0. The van der Waals surface area contributed by atoms with Crippen LogP contribution in [0, 0.1) is 6.92 Å². The summed E-state index contributed by atoms with van der Waals surface area (Å²) in [5.41, 5.74) is 2.03. The normalized spacial score (nSPS) is 10.1. The molecule has 5 nitrogen and oxygen atoms in total. The van der Waals surface area contributed by atoms with Crippen LogP contribution >= 0.6 is 0 Å². The third kappa shape index (κ3) is 3.34. The van der Waals surface area contributed by atoms with E-state index in [9.17, 15) is 0 Å². The highest BCUT2D eigenvalue weighted by Gasteiger charge is 2.05. The summed E-state index contributed by atoms with van der Waals surface area (Å²) < 4.78 is 5.32. The van der Waals surface area contributed by atoms with Crippen LogP contribution in [0.4, 0.5) is 17.3 Å². The van der Waals surface area contributed by atoms with Gasteiger partial charge in [-0.3, -0.25) is 4.98 Å². The van der Waals surface area contributed by atoms with Crippen molar-refractivity contribution in [2.24, 2.45) is 0 Å². The fraction of sp³-hybridized carbons (Fsp3) is 0.286. The SMILES string of the molecule is CCNc1cncc(Nc2cc(C)ccc2OC)n1. The Morgan fingerprint density at radius 1 is 1.21 bits per heavy atom. The van der Waals surface area contributed by atoms with Crippen molar-refractivity contribution in [2.75, 3.05) is 24.3 Å². The summed E-state index contributed by atoms with van der Waals surface area (Å²) in [6, 6.07) is 5.95. The predicted molar refractivity (Wildman–Crippen MR) is 77.2 cm³/mol. The van der Waals surface area contributed by atoms with E-state index < -0.39 is 0 Å². The lowest BCUT2D eigenvalue weighted by Crippen LogP contribution is -2.03. The molecule has 2 aromatic rings. The van der Waals surface area contributed by atoms with Crippen LogP contribution in [-0.2, 0) is 0 Å². The average molecular weight is 258 g/mol.